The highest BCUT2D eigenvalue weighted by Gasteiger charge is 2.36. The summed E-state index contributed by atoms with van der Waals surface area (Å²) in [6.45, 7) is -0.161. The molecular formula is C13H22N2O5. The summed E-state index contributed by atoms with van der Waals surface area (Å²) in [4.78, 5) is 35.4. The maximum atomic E-state index is 12.1. The number of aliphatic carboxylic acids is 1. The molecule has 1 saturated carbocycles. The van der Waals surface area contributed by atoms with Crippen molar-refractivity contribution in [3.8, 4) is 0 Å². The molecule has 1 aliphatic carbocycles. The van der Waals surface area contributed by atoms with Crippen molar-refractivity contribution in [2.75, 3.05) is 20.7 Å². The van der Waals surface area contributed by atoms with Crippen LogP contribution in [0.2, 0.25) is 0 Å². The van der Waals surface area contributed by atoms with Crippen LogP contribution in [0.15, 0.2) is 0 Å². The van der Waals surface area contributed by atoms with Crippen LogP contribution < -0.4 is 5.32 Å². The van der Waals surface area contributed by atoms with E-state index in [1.54, 1.807) is 0 Å². The summed E-state index contributed by atoms with van der Waals surface area (Å²) in [5.74, 6) is -1.44. The normalized spacial score (nSPS) is 17.1. The number of ether oxygens (including phenoxy) is 1. The Kier molecular flexibility index (Phi) is 5.79. The van der Waals surface area contributed by atoms with E-state index < -0.39 is 23.5 Å². The second kappa shape index (κ2) is 7.12. The molecule has 1 rings (SSSR count). The number of likely N-dealkylation sites (N-methyl/N-ethyl adjacent to an activating group) is 1. The molecule has 0 heterocycles. The smallest absolute Gasteiger partial charge is 0.325 e. The molecule has 0 radical (unpaired) electrons. The average Bonchev–Trinajstić information content (AvgIpc) is 2.38. The predicted octanol–water partition coefficient (Wildman–Crippen LogP) is 0.978. The molecule has 0 aromatic rings. The number of hydrogen-bond donors (Lipinski definition) is 2. The molecule has 20 heavy (non-hydrogen) atoms. The van der Waals surface area contributed by atoms with Crippen molar-refractivity contribution in [3.05, 3.63) is 0 Å². The third-order valence-electron chi connectivity index (χ3n) is 3.61. The van der Waals surface area contributed by atoms with E-state index in [1.165, 1.54) is 19.1 Å². The number of carboxylic acid groups (broad SMARTS) is 1. The molecule has 1 fully saturated rings. The molecule has 0 saturated heterocycles. The van der Waals surface area contributed by atoms with Crippen LogP contribution in [-0.2, 0) is 14.3 Å². The SMILES string of the molecule is COC(=O)CN(C)C(=O)NC1(CC(=O)O)CCCCC1. The Labute approximate surface area is 118 Å². The van der Waals surface area contributed by atoms with E-state index in [0.717, 1.165) is 19.3 Å². The number of nitrogens with zero attached hydrogens (tertiary/aromatic N) is 1. The van der Waals surface area contributed by atoms with E-state index in [0.29, 0.717) is 12.8 Å². The summed E-state index contributed by atoms with van der Waals surface area (Å²) in [7, 11) is 2.73. The minimum atomic E-state index is -0.928. The van der Waals surface area contributed by atoms with Crippen LogP contribution in [0.5, 0.6) is 0 Å². The van der Waals surface area contributed by atoms with Crippen LogP contribution in [0, 0.1) is 0 Å². The van der Waals surface area contributed by atoms with Gasteiger partial charge in [0.15, 0.2) is 0 Å². The van der Waals surface area contributed by atoms with Gasteiger partial charge in [0.05, 0.1) is 19.1 Å². The number of carbonyl (C=O) groups excluding carboxylic acids is 2. The zero-order valence-corrected chi connectivity index (χ0v) is 12.0. The molecule has 0 aromatic heterocycles. The molecule has 1 aliphatic rings. The number of rotatable bonds is 5. The molecule has 0 spiro atoms. The molecule has 0 bridgehead atoms. The van der Waals surface area contributed by atoms with Gasteiger partial charge in [-0.3, -0.25) is 9.59 Å². The Morgan fingerprint density at radius 3 is 2.35 bits per heavy atom. The highest BCUT2D eigenvalue weighted by molar-refractivity contribution is 5.81. The lowest BCUT2D eigenvalue weighted by Gasteiger charge is -2.38. The fourth-order valence-electron chi connectivity index (χ4n) is 2.52. The standard InChI is InChI=1S/C13H22N2O5/c1-15(9-11(18)20-2)12(19)14-13(8-10(16)17)6-4-3-5-7-13/h3-9H2,1-2H3,(H,14,19)(H,16,17). The molecule has 7 nitrogen and oxygen atoms in total. The van der Waals surface area contributed by atoms with E-state index in [4.69, 9.17) is 5.11 Å². The van der Waals surface area contributed by atoms with Crippen LogP contribution in [0.4, 0.5) is 4.79 Å². The quantitative estimate of drug-likeness (QED) is 0.734. The van der Waals surface area contributed by atoms with Crippen LogP contribution in [0.1, 0.15) is 38.5 Å². The first-order chi connectivity index (χ1) is 9.38. The van der Waals surface area contributed by atoms with Gasteiger partial charge >= 0.3 is 18.0 Å². The fraction of sp³-hybridized carbons (Fsp3) is 0.769. The van der Waals surface area contributed by atoms with Gasteiger partial charge in [-0.15, -0.1) is 0 Å². The monoisotopic (exact) mass is 286 g/mol. The maximum Gasteiger partial charge on any atom is 0.325 e. The molecule has 2 amide bonds. The fourth-order valence-corrected chi connectivity index (χ4v) is 2.52. The highest BCUT2D eigenvalue weighted by Crippen LogP contribution is 2.31. The Morgan fingerprint density at radius 1 is 1.25 bits per heavy atom. The van der Waals surface area contributed by atoms with Crippen LogP contribution in [0.25, 0.3) is 0 Å². The first kappa shape index (κ1) is 16.3. The molecule has 7 heteroatoms. The lowest BCUT2D eigenvalue weighted by atomic mass is 9.79. The predicted molar refractivity (Wildman–Crippen MR) is 71.2 cm³/mol. The van der Waals surface area contributed by atoms with Gasteiger partial charge < -0.3 is 20.1 Å². The third-order valence-corrected chi connectivity index (χ3v) is 3.61. The summed E-state index contributed by atoms with van der Waals surface area (Å²) < 4.78 is 4.50. The van der Waals surface area contributed by atoms with Crippen molar-refractivity contribution in [2.24, 2.45) is 0 Å². The molecule has 0 aromatic carbocycles. The number of amides is 2. The van der Waals surface area contributed by atoms with E-state index in [-0.39, 0.29) is 13.0 Å². The van der Waals surface area contributed by atoms with E-state index in [1.807, 2.05) is 0 Å². The molecule has 0 atom stereocenters. The van der Waals surface area contributed by atoms with Gasteiger partial charge in [0, 0.05) is 7.05 Å². The second-order valence-electron chi connectivity index (χ2n) is 5.27. The van der Waals surface area contributed by atoms with Crippen molar-refractivity contribution < 1.29 is 24.2 Å². The van der Waals surface area contributed by atoms with Crippen molar-refractivity contribution in [1.82, 2.24) is 10.2 Å². The molecule has 0 aliphatic heterocycles. The second-order valence-corrected chi connectivity index (χ2v) is 5.27. The highest BCUT2D eigenvalue weighted by atomic mass is 16.5. The number of esters is 1. The number of carbonyl (C=O) groups is 3. The number of urea groups is 1. The number of hydrogen-bond acceptors (Lipinski definition) is 4. The van der Waals surface area contributed by atoms with Gasteiger partial charge in [-0.05, 0) is 12.8 Å². The van der Waals surface area contributed by atoms with Crippen molar-refractivity contribution in [1.29, 1.82) is 0 Å². The van der Waals surface area contributed by atoms with Gasteiger partial charge in [-0.25, -0.2) is 4.79 Å². The maximum absolute atomic E-state index is 12.1. The van der Waals surface area contributed by atoms with Gasteiger partial charge in [0.2, 0.25) is 0 Å². The lowest BCUT2D eigenvalue weighted by molar-refractivity contribution is -0.141. The number of nitrogens with one attached hydrogen (secondary N) is 1. The number of carboxylic acids is 1. The Bertz CT molecular complexity index is 377. The topological polar surface area (TPSA) is 95.9 Å². The summed E-state index contributed by atoms with van der Waals surface area (Å²) in [5.41, 5.74) is -0.703. The van der Waals surface area contributed by atoms with E-state index >= 15 is 0 Å². The van der Waals surface area contributed by atoms with Crippen molar-refractivity contribution in [3.63, 3.8) is 0 Å². The van der Waals surface area contributed by atoms with Crippen molar-refractivity contribution in [2.45, 2.75) is 44.1 Å². The minimum absolute atomic E-state index is 0.0925. The van der Waals surface area contributed by atoms with Gasteiger partial charge in [0.1, 0.15) is 6.54 Å². The zero-order valence-electron chi connectivity index (χ0n) is 12.0. The summed E-state index contributed by atoms with van der Waals surface area (Å²) in [6, 6.07) is -0.446. The minimum Gasteiger partial charge on any atom is -0.481 e. The average molecular weight is 286 g/mol. The van der Waals surface area contributed by atoms with Gasteiger partial charge in [-0.1, -0.05) is 19.3 Å². The Hall–Kier alpha value is -1.79. The van der Waals surface area contributed by atoms with E-state index in [2.05, 4.69) is 10.1 Å². The summed E-state index contributed by atoms with van der Waals surface area (Å²) >= 11 is 0. The van der Waals surface area contributed by atoms with Crippen molar-refractivity contribution >= 4 is 18.0 Å². The molecule has 114 valence electrons. The molecule has 2 N–H and O–H groups in total. The summed E-state index contributed by atoms with van der Waals surface area (Å²) in [5, 5.41) is 11.8. The van der Waals surface area contributed by atoms with Crippen LogP contribution in [0.3, 0.4) is 0 Å². The van der Waals surface area contributed by atoms with Gasteiger partial charge in [-0.2, -0.15) is 0 Å². The molecular weight excluding hydrogens is 264 g/mol. The van der Waals surface area contributed by atoms with E-state index in [9.17, 15) is 14.4 Å². The zero-order chi connectivity index (χ0) is 15.2. The van der Waals surface area contributed by atoms with Crippen LogP contribution >= 0.6 is 0 Å². The largest absolute Gasteiger partial charge is 0.481 e. The number of methoxy groups -OCH3 is 1. The van der Waals surface area contributed by atoms with Gasteiger partial charge in [0.25, 0.3) is 0 Å². The molecule has 0 unspecified atom stereocenters. The third kappa shape index (κ3) is 4.71. The Morgan fingerprint density at radius 2 is 1.85 bits per heavy atom. The first-order valence-electron chi connectivity index (χ1n) is 6.70. The first-order valence-corrected chi connectivity index (χ1v) is 6.70. The summed E-state index contributed by atoms with van der Waals surface area (Å²) in [6.07, 6.45) is 4.05. The lowest BCUT2D eigenvalue weighted by Crippen LogP contribution is -2.55. The Balaban J connectivity index is 2.66. The van der Waals surface area contributed by atoms with Crippen LogP contribution in [-0.4, -0.2) is 54.2 Å².